The van der Waals surface area contributed by atoms with Gasteiger partial charge in [-0.3, -0.25) is 0 Å². The molecule has 2 aromatic rings. The molecule has 0 saturated carbocycles. The molecular weight excluding hydrogens is 176 g/mol. The summed E-state index contributed by atoms with van der Waals surface area (Å²) in [4.78, 5) is 0. The molecule has 0 aliphatic rings. The number of hydrogen-bond acceptors (Lipinski definition) is 2. The van der Waals surface area contributed by atoms with Crippen LogP contribution < -0.4 is 4.74 Å². The number of benzene rings is 1. The number of methoxy groups -OCH3 is 1. The first kappa shape index (κ1) is 8.81. The normalized spacial score (nSPS) is 10.1. The SMILES string of the molecule is COc1nn(-c2ccccc2)cc1C. The molecule has 0 radical (unpaired) electrons. The summed E-state index contributed by atoms with van der Waals surface area (Å²) < 4.78 is 6.93. The predicted molar refractivity (Wildman–Crippen MR) is 54.9 cm³/mol. The lowest BCUT2D eigenvalue weighted by Gasteiger charge is -1.98. The van der Waals surface area contributed by atoms with E-state index in [1.165, 1.54) is 0 Å². The molecular formula is C11H12N2O. The van der Waals surface area contributed by atoms with Crippen LogP contribution in [0.5, 0.6) is 5.88 Å². The van der Waals surface area contributed by atoms with Crippen LogP contribution in [-0.4, -0.2) is 16.9 Å². The Bertz CT molecular complexity index is 420. The molecule has 3 nitrogen and oxygen atoms in total. The highest BCUT2D eigenvalue weighted by Gasteiger charge is 2.04. The van der Waals surface area contributed by atoms with Crippen molar-refractivity contribution in [1.29, 1.82) is 0 Å². The van der Waals surface area contributed by atoms with Crippen molar-refractivity contribution in [3.63, 3.8) is 0 Å². The molecule has 0 saturated heterocycles. The Balaban J connectivity index is 2.43. The molecule has 0 aliphatic heterocycles. The van der Waals surface area contributed by atoms with Crippen molar-refractivity contribution in [1.82, 2.24) is 9.78 Å². The first-order valence-corrected chi connectivity index (χ1v) is 4.47. The van der Waals surface area contributed by atoms with E-state index in [4.69, 9.17) is 4.74 Å². The number of hydrogen-bond donors (Lipinski definition) is 0. The van der Waals surface area contributed by atoms with Gasteiger partial charge in [0.05, 0.1) is 12.8 Å². The summed E-state index contributed by atoms with van der Waals surface area (Å²) in [7, 11) is 1.63. The molecule has 72 valence electrons. The summed E-state index contributed by atoms with van der Waals surface area (Å²) in [6.45, 7) is 1.98. The summed E-state index contributed by atoms with van der Waals surface area (Å²) >= 11 is 0. The van der Waals surface area contributed by atoms with Gasteiger partial charge in [0.1, 0.15) is 0 Å². The van der Waals surface area contributed by atoms with E-state index in [-0.39, 0.29) is 0 Å². The highest BCUT2D eigenvalue weighted by atomic mass is 16.5. The molecule has 3 heteroatoms. The van der Waals surface area contributed by atoms with E-state index < -0.39 is 0 Å². The molecule has 1 aromatic heterocycles. The Morgan fingerprint density at radius 1 is 1.21 bits per heavy atom. The lowest BCUT2D eigenvalue weighted by Crippen LogP contribution is -1.94. The van der Waals surface area contributed by atoms with Crippen LogP contribution in [-0.2, 0) is 0 Å². The second kappa shape index (κ2) is 3.54. The highest BCUT2D eigenvalue weighted by Crippen LogP contribution is 2.16. The zero-order valence-electron chi connectivity index (χ0n) is 8.27. The molecule has 1 aromatic carbocycles. The van der Waals surface area contributed by atoms with Crippen LogP contribution in [0.4, 0.5) is 0 Å². The van der Waals surface area contributed by atoms with Gasteiger partial charge in [-0.1, -0.05) is 18.2 Å². The fourth-order valence-corrected chi connectivity index (χ4v) is 1.36. The first-order valence-electron chi connectivity index (χ1n) is 4.47. The number of ether oxygens (including phenoxy) is 1. The van der Waals surface area contributed by atoms with Gasteiger partial charge < -0.3 is 4.74 Å². The van der Waals surface area contributed by atoms with Crippen LogP contribution in [0.2, 0.25) is 0 Å². The maximum Gasteiger partial charge on any atom is 0.235 e. The Morgan fingerprint density at radius 2 is 1.93 bits per heavy atom. The lowest BCUT2D eigenvalue weighted by atomic mass is 10.3. The van der Waals surface area contributed by atoms with Gasteiger partial charge >= 0.3 is 0 Å². The van der Waals surface area contributed by atoms with Crippen LogP contribution in [0.1, 0.15) is 5.56 Å². The Labute approximate surface area is 82.9 Å². The molecule has 0 unspecified atom stereocenters. The van der Waals surface area contributed by atoms with Crippen LogP contribution in [0.15, 0.2) is 36.5 Å². The number of aryl methyl sites for hydroxylation is 1. The van der Waals surface area contributed by atoms with E-state index in [1.54, 1.807) is 7.11 Å². The second-order valence-electron chi connectivity index (χ2n) is 3.10. The van der Waals surface area contributed by atoms with Crippen molar-refractivity contribution in [2.45, 2.75) is 6.92 Å². The van der Waals surface area contributed by atoms with Gasteiger partial charge in [0.2, 0.25) is 5.88 Å². The molecule has 0 spiro atoms. The molecule has 0 bridgehead atoms. The zero-order chi connectivity index (χ0) is 9.97. The zero-order valence-corrected chi connectivity index (χ0v) is 8.27. The molecule has 0 amide bonds. The molecule has 0 aliphatic carbocycles. The summed E-state index contributed by atoms with van der Waals surface area (Å²) in [5.74, 6) is 0.675. The minimum Gasteiger partial charge on any atom is -0.480 e. The van der Waals surface area contributed by atoms with Crippen molar-refractivity contribution in [3.8, 4) is 11.6 Å². The number of para-hydroxylation sites is 1. The number of nitrogens with zero attached hydrogens (tertiary/aromatic N) is 2. The summed E-state index contributed by atoms with van der Waals surface area (Å²) in [6, 6.07) is 9.96. The topological polar surface area (TPSA) is 27.1 Å². The van der Waals surface area contributed by atoms with Gasteiger partial charge in [0.25, 0.3) is 0 Å². The van der Waals surface area contributed by atoms with E-state index in [0.29, 0.717) is 5.88 Å². The maximum atomic E-state index is 5.12. The molecule has 0 N–H and O–H groups in total. The van der Waals surface area contributed by atoms with E-state index in [2.05, 4.69) is 5.10 Å². The minimum absolute atomic E-state index is 0.675. The quantitative estimate of drug-likeness (QED) is 0.722. The standard InChI is InChI=1S/C11H12N2O/c1-9-8-13(12-11(9)14-2)10-6-4-3-5-7-10/h3-8H,1-2H3. The molecule has 0 fully saturated rings. The summed E-state index contributed by atoms with van der Waals surface area (Å²) in [6.07, 6.45) is 1.95. The van der Waals surface area contributed by atoms with Crippen LogP contribution in [0.3, 0.4) is 0 Å². The first-order chi connectivity index (χ1) is 6.81. The Hall–Kier alpha value is -1.77. The Kier molecular flexibility index (Phi) is 2.23. The summed E-state index contributed by atoms with van der Waals surface area (Å²) in [5, 5.41) is 4.29. The van der Waals surface area contributed by atoms with Crippen LogP contribution in [0.25, 0.3) is 5.69 Å². The van der Waals surface area contributed by atoms with Crippen molar-refractivity contribution in [3.05, 3.63) is 42.1 Å². The van der Waals surface area contributed by atoms with Gasteiger partial charge in [0.15, 0.2) is 0 Å². The van der Waals surface area contributed by atoms with Crippen molar-refractivity contribution < 1.29 is 4.74 Å². The molecule has 2 rings (SSSR count). The van der Waals surface area contributed by atoms with Gasteiger partial charge in [-0.2, -0.15) is 0 Å². The largest absolute Gasteiger partial charge is 0.480 e. The van der Waals surface area contributed by atoms with E-state index in [9.17, 15) is 0 Å². The Morgan fingerprint density at radius 3 is 2.50 bits per heavy atom. The van der Waals surface area contributed by atoms with Gasteiger partial charge in [-0.05, 0) is 19.1 Å². The van der Waals surface area contributed by atoms with Crippen LogP contribution in [0, 0.1) is 6.92 Å². The van der Waals surface area contributed by atoms with Crippen LogP contribution >= 0.6 is 0 Å². The number of aromatic nitrogens is 2. The molecule has 0 atom stereocenters. The van der Waals surface area contributed by atoms with E-state index in [1.807, 2.05) is 48.1 Å². The fourth-order valence-electron chi connectivity index (χ4n) is 1.36. The third kappa shape index (κ3) is 1.48. The van der Waals surface area contributed by atoms with Crippen molar-refractivity contribution in [2.24, 2.45) is 0 Å². The highest BCUT2D eigenvalue weighted by molar-refractivity contribution is 5.33. The van der Waals surface area contributed by atoms with E-state index >= 15 is 0 Å². The minimum atomic E-state index is 0.675. The summed E-state index contributed by atoms with van der Waals surface area (Å²) in [5.41, 5.74) is 2.08. The second-order valence-corrected chi connectivity index (χ2v) is 3.10. The average Bonchev–Trinajstić information content (AvgIpc) is 2.61. The third-order valence-corrected chi connectivity index (χ3v) is 2.07. The molecule has 14 heavy (non-hydrogen) atoms. The smallest absolute Gasteiger partial charge is 0.235 e. The monoisotopic (exact) mass is 188 g/mol. The maximum absolute atomic E-state index is 5.12. The van der Waals surface area contributed by atoms with Gasteiger partial charge in [-0.15, -0.1) is 5.10 Å². The fraction of sp³-hybridized carbons (Fsp3) is 0.182. The average molecular weight is 188 g/mol. The molecule has 1 heterocycles. The van der Waals surface area contributed by atoms with Gasteiger partial charge in [-0.25, -0.2) is 4.68 Å². The lowest BCUT2D eigenvalue weighted by molar-refractivity contribution is 0.391. The predicted octanol–water partition coefficient (Wildman–Crippen LogP) is 2.19. The van der Waals surface area contributed by atoms with Gasteiger partial charge in [0, 0.05) is 11.8 Å². The van der Waals surface area contributed by atoms with E-state index in [0.717, 1.165) is 11.3 Å². The van der Waals surface area contributed by atoms with Crippen molar-refractivity contribution in [2.75, 3.05) is 7.11 Å². The van der Waals surface area contributed by atoms with Crippen molar-refractivity contribution >= 4 is 0 Å². The third-order valence-electron chi connectivity index (χ3n) is 2.07. The number of rotatable bonds is 2.